The molecule has 0 bridgehead atoms. The van der Waals surface area contributed by atoms with Gasteiger partial charge in [0.05, 0.1) is 11.6 Å². The first kappa shape index (κ1) is 16.2. The summed E-state index contributed by atoms with van der Waals surface area (Å²) in [7, 11) is 0. The first-order valence-corrected chi connectivity index (χ1v) is 6.94. The van der Waals surface area contributed by atoms with E-state index < -0.39 is 17.8 Å². The van der Waals surface area contributed by atoms with Crippen LogP contribution in [0.1, 0.15) is 22.7 Å². The molecule has 3 N–H and O–H groups in total. The van der Waals surface area contributed by atoms with Gasteiger partial charge in [-0.2, -0.15) is 13.2 Å². The molecule has 0 amide bonds. The molecular weight excluding hydrogens is 371 g/mol. The molecule has 2 aromatic rings. The zero-order valence-corrected chi connectivity index (χ0v) is 12.8. The highest BCUT2D eigenvalue weighted by atomic mass is 79.9. The minimum atomic E-state index is -4.49. The highest BCUT2D eigenvalue weighted by Crippen LogP contribution is 2.37. The normalized spacial score (nSPS) is 13.2. The Balaban J connectivity index is 2.57. The van der Waals surface area contributed by atoms with Crippen molar-refractivity contribution in [2.45, 2.75) is 12.2 Å². The molecule has 1 atom stereocenters. The van der Waals surface area contributed by atoms with Gasteiger partial charge in [-0.05, 0) is 23.8 Å². The van der Waals surface area contributed by atoms with E-state index in [1.165, 1.54) is 0 Å². The Hall–Kier alpha value is -1.15. The second kappa shape index (κ2) is 6.31. The lowest BCUT2D eigenvalue weighted by molar-refractivity contribution is -0.138. The fourth-order valence-electron chi connectivity index (χ4n) is 1.98. The molecule has 0 radical (unpaired) electrons. The number of nitrogens with one attached hydrogen (secondary N) is 1. The molecule has 3 nitrogen and oxygen atoms in total. The molecule has 1 aromatic carbocycles. The minimum absolute atomic E-state index is 0.0597. The second-order valence-electron chi connectivity index (χ2n) is 4.23. The van der Waals surface area contributed by atoms with Crippen LogP contribution in [0.5, 0.6) is 0 Å². The lowest BCUT2D eigenvalue weighted by Gasteiger charge is -2.22. The van der Waals surface area contributed by atoms with Gasteiger partial charge in [-0.3, -0.25) is 10.8 Å². The molecule has 21 heavy (non-hydrogen) atoms. The van der Waals surface area contributed by atoms with E-state index in [9.17, 15) is 13.2 Å². The maximum Gasteiger partial charge on any atom is 0.416 e. The van der Waals surface area contributed by atoms with E-state index in [0.717, 1.165) is 18.5 Å². The molecule has 0 aliphatic rings. The number of hydrazine groups is 1. The standard InChI is InChI=1S/C13H10BrClF3N3/c14-11-5-7(15)1-2-8(11)12(21-19)9-6-20-4-3-10(9)13(16,17)18/h1-6,12,21H,19H2. The van der Waals surface area contributed by atoms with Crippen LogP contribution in [0, 0.1) is 0 Å². The Morgan fingerprint density at radius 1 is 1.24 bits per heavy atom. The summed E-state index contributed by atoms with van der Waals surface area (Å²) in [5.41, 5.74) is 2.07. The third-order valence-electron chi connectivity index (χ3n) is 2.91. The number of benzene rings is 1. The van der Waals surface area contributed by atoms with E-state index in [0.29, 0.717) is 15.1 Å². The average Bonchev–Trinajstić information content (AvgIpc) is 2.41. The molecule has 2 rings (SSSR count). The third-order valence-corrected chi connectivity index (χ3v) is 3.83. The van der Waals surface area contributed by atoms with Gasteiger partial charge in [0, 0.05) is 27.5 Å². The van der Waals surface area contributed by atoms with Crippen molar-refractivity contribution in [3.05, 3.63) is 62.8 Å². The minimum Gasteiger partial charge on any atom is -0.271 e. The van der Waals surface area contributed by atoms with Gasteiger partial charge in [-0.25, -0.2) is 5.43 Å². The van der Waals surface area contributed by atoms with Gasteiger partial charge in [0.2, 0.25) is 0 Å². The van der Waals surface area contributed by atoms with Crippen LogP contribution in [0.25, 0.3) is 0 Å². The molecular formula is C13H10BrClF3N3. The van der Waals surface area contributed by atoms with Crippen LogP contribution in [0.3, 0.4) is 0 Å². The molecule has 0 aliphatic heterocycles. The van der Waals surface area contributed by atoms with Crippen LogP contribution in [0.15, 0.2) is 41.1 Å². The van der Waals surface area contributed by atoms with Crippen LogP contribution in [-0.4, -0.2) is 4.98 Å². The van der Waals surface area contributed by atoms with Crippen molar-refractivity contribution >= 4 is 27.5 Å². The highest BCUT2D eigenvalue weighted by molar-refractivity contribution is 9.10. The number of halogens is 5. The number of rotatable bonds is 3. The molecule has 1 unspecified atom stereocenters. The largest absolute Gasteiger partial charge is 0.416 e. The van der Waals surface area contributed by atoms with Crippen LogP contribution in [-0.2, 0) is 6.18 Å². The molecule has 0 aliphatic carbocycles. The van der Waals surface area contributed by atoms with Crippen LogP contribution in [0.2, 0.25) is 5.02 Å². The van der Waals surface area contributed by atoms with Crippen LogP contribution >= 0.6 is 27.5 Å². The number of hydrogen-bond acceptors (Lipinski definition) is 3. The summed E-state index contributed by atoms with van der Waals surface area (Å²) in [6.07, 6.45) is -2.25. The molecule has 112 valence electrons. The first-order valence-electron chi connectivity index (χ1n) is 5.76. The number of nitrogens with two attached hydrogens (primary N) is 1. The maximum absolute atomic E-state index is 13.1. The SMILES string of the molecule is NNC(c1ccc(Cl)cc1Br)c1cnccc1C(F)(F)F. The second-order valence-corrected chi connectivity index (χ2v) is 5.52. The molecule has 0 saturated carbocycles. The van der Waals surface area contributed by atoms with Crippen molar-refractivity contribution in [1.29, 1.82) is 0 Å². The third kappa shape index (κ3) is 3.55. The van der Waals surface area contributed by atoms with Crippen molar-refractivity contribution in [1.82, 2.24) is 10.4 Å². The van der Waals surface area contributed by atoms with Crippen LogP contribution in [0.4, 0.5) is 13.2 Å². The zero-order chi connectivity index (χ0) is 15.6. The van der Waals surface area contributed by atoms with Crippen molar-refractivity contribution in [3.63, 3.8) is 0 Å². The predicted octanol–water partition coefficient (Wildman–Crippen LogP) is 4.07. The van der Waals surface area contributed by atoms with Gasteiger partial charge < -0.3 is 0 Å². The monoisotopic (exact) mass is 379 g/mol. The summed E-state index contributed by atoms with van der Waals surface area (Å²) in [6.45, 7) is 0. The Labute approximate surface area is 132 Å². The lowest BCUT2D eigenvalue weighted by Crippen LogP contribution is -2.31. The van der Waals surface area contributed by atoms with E-state index in [4.69, 9.17) is 17.4 Å². The summed E-state index contributed by atoms with van der Waals surface area (Å²) >= 11 is 9.12. The van der Waals surface area contributed by atoms with Crippen molar-refractivity contribution in [3.8, 4) is 0 Å². The van der Waals surface area contributed by atoms with Gasteiger partial charge in [-0.15, -0.1) is 0 Å². The first-order chi connectivity index (χ1) is 9.84. The summed E-state index contributed by atoms with van der Waals surface area (Å²) < 4.78 is 39.8. The maximum atomic E-state index is 13.1. The number of alkyl halides is 3. The van der Waals surface area contributed by atoms with Gasteiger partial charge in [0.25, 0.3) is 0 Å². The van der Waals surface area contributed by atoms with E-state index in [1.54, 1.807) is 18.2 Å². The highest BCUT2D eigenvalue weighted by Gasteiger charge is 2.35. The Morgan fingerprint density at radius 2 is 1.95 bits per heavy atom. The fourth-order valence-corrected chi connectivity index (χ4v) is 2.89. The topological polar surface area (TPSA) is 50.9 Å². The molecule has 1 heterocycles. The molecule has 0 saturated heterocycles. The van der Waals surface area contributed by atoms with E-state index in [1.807, 2.05) is 0 Å². The number of nitrogens with zero attached hydrogens (tertiary/aromatic N) is 1. The molecule has 0 spiro atoms. The Bertz CT molecular complexity index is 649. The predicted molar refractivity (Wildman–Crippen MR) is 77.6 cm³/mol. The van der Waals surface area contributed by atoms with Gasteiger partial charge in [0.1, 0.15) is 0 Å². The lowest BCUT2D eigenvalue weighted by atomic mass is 9.96. The number of aromatic nitrogens is 1. The van der Waals surface area contributed by atoms with Gasteiger partial charge in [0.15, 0.2) is 0 Å². The summed E-state index contributed by atoms with van der Waals surface area (Å²) in [6, 6.07) is 4.82. The van der Waals surface area contributed by atoms with Crippen molar-refractivity contribution < 1.29 is 13.2 Å². The summed E-state index contributed by atoms with van der Waals surface area (Å²) in [5.74, 6) is 5.46. The summed E-state index contributed by atoms with van der Waals surface area (Å²) in [5, 5.41) is 0.462. The quantitative estimate of drug-likeness (QED) is 0.623. The smallest absolute Gasteiger partial charge is 0.271 e. The molecule has 0 fully saturated rings. The number of hydrogen-bond donors (Lipinski definition) is 2. The molecule has 1 aromatic heterocycles. The van der Waals surface area contributed by atoms with Crippen molar-refractivity contribution in [2.24, 2.45) is 5.84 Å². The van der Waals surface area contributed by atoms with Crippen molar-refractivity contribution in [2.75, 3.05) is 0 Å². The molecule has 8 heteroatoms. The summed E-state index contributed by atoms with van der Waals surface area (Å²) in [4.78, 5) is 3.76. The van der Waals surface area contributed by atoms with Crippen LogP contribution < -0.4 is 11.3 Å². The van der Waals surface area contributed by atoms with Gasteiger partial charge in [-0.1, -0.05) is 33.6 Å². The number of pyridine rings is 1. The van der Waals surface area contributed by atoms with E-state index in [-0.39, 0.29) is 5.56 Å². The van der Waals surface area contributed by atoms with Gasteiger partial charge >= 0.3 is 6.18 Å². The zero-order valence-electron chi connectivity index (χ0n) is 10.5. The van der Waals surface area contributed by atoms with E-state index in [2.05, 4.69) is 26.3 Å². The van der Waals surface area contributed by atoms with E-state index >= 15 is 0 Å². The fraction of sp³-hybridized carbons (Fsp3) is 0.154. The Kier molecular flexibility index (Phi) is 4.88. The Morgan fingerprint density at radius 3 is 2.52 bits per heavy atom. The average molecular weight is 381 g/mol.